The molecule has 8 aromatic carbocycles. The highest BCUT2D eigenvalue weighted by molar-refractivity contribution is 7.00. The van der Waals surface area contributed by atoms with E-state index >= 15 is 0 Å². The molecule has 9 aromatic rings. The van der Waals surface area contributed by atoms with Gasteiger partial charge < -0.3 is 19.1 Å². The van der Waals surface area contributed by atoms with Gasteiger partial charge in [-0.05, 0) is 194 Å². The highest BCUT2D eigenvalue weighted by Gasteiger charge is 2.49. The summed E-state index contributed by atoms with van der Waals surface area (Å²) in [7, 11) is 0. The minimum atomic E-state index is -2.42. The topological polar surface area (TPSA) is 22.9 Å². The number of furan rings is 1. The first-order chi connectivity index (χ1) is 36.3. The molecule has 4 nitrogen and oxygen atoms in total. The summed E-state index contributed by atoms with van der Waals surface area (Å²) in [4.78, 5) is 7.15. The third-order valence-electron chi connectivity index (χ3n) is 17.8. The van der Waals surface area contributed by atoms with E-state index < -0.39 is 6.85 Å². The van der Waals surface area contributed by atoms with Crippen LogP contribution in [0.3, 0.4) is 0 Å². The third kappa shape index (κ3) is 7.01. The van der Waals surface area contributed by atoms with Crippen LogP contribution >= 0.6 is 0 Å². The molecule has 0 bridgehead atoms. The first kappa shape index (κ1) is 43.4. The van der Waals surface area contributed by atoms with E-state index in [-0.39, 0.29) is 33.8 Å². The lowest BCUT2D eigenvalue weighted by molar-refractivity contribution is 0.332. The number of hydrogen-bond donors (Lipinski definition) is 0. The Kier molecular flexibility index (Phi) is 9.26. The molecule has 0 saturated heterocycles. The quantitative estimate of drug-likeness (QED) is 0.160. The second kappa shape index (κ2) is 15.8. The number of para-hydroxylation sites is 2. The van der Waals surface area contributed by atoms with Gasteiger partial charge in [-0.25, -0.2) is 0 Å². The molecule has 1 aromatic heterocycles. The van der Waals surface area contributed by atoms with Crippen LogP contribution in [-0.2, 0) is 27.1 Å². The van der Waals surface area contributed by atoms with Crippen molar-refractivity contribution in [2.75, 3.05) is 14.7 Å². The average Bonchev–Trinajstić information content (AvgIpc) is 4.02. The van der Waals surface area contributed by atoms with Crippen molar-refractivity contribution in [3.8, 4) is 0 Å². The Morgan fingerprint density at radius 1 is 0.514 bits per heavy atom. The highest BCUT2D eigenvalue weighted by Crippen LogP contribution is 2.55. The summed E-state index contributed by atoms with van der Waals surface area (Å²) >= 11 is 0. The standard InChI is InChI=1S/C69H70BN3O/c1-42-32-60-64-61(33-42)73(57-39-53-51(34-43(57)2)66(6,7)30-31-67(53,8)9)59-40-54-52(68(10,11)41-69(54,12)13)38-56(59)70(64)55-29-26-47(71(45-20-16-14-17-21-45)46-22-18-15-19-23-46)36-58(55)72(60)48-25-28-50-49-27-24-44(65(3,4)5)35-62(49)74-63(50)37-48/h14-29,32-40H,30-31,41H2,1-13H3/i1D3. The smallest absolute Gasteiger partial charge is 0.252 e. The average molecular weight is 971 g/mol. The molecule has 0 amide bonds. The minimum Gasteiger partial charge on any atom is -0.456 e. The van der Waals surface area contributed by atoms with Crippen molar-refractivity contribution in [1.29, 1.82) is 0 Å². The maximum atomic E-state index is 9.31. The van der Waals surface area contributed by atoms with Crippen molar-refractivity contribution in [2.24, 2.45) is 0 Å². The van der Waals surface area contributed by atoms with E-state index in [1.54, 1.807) is 0 Å². The maximum Gasteiger partial charge on any atom is 0.252 e. The molecule has 3 heterocycles. The van der Waals surface area contributed by atoms with E-state index in [4.69, 9.17) is 4.42 Å². The van der Waals surface area contributed by atoms with Gasteiger partial charge in [0.25, 0.3) is 6.71 Å². The SMILES string of the molecule is [2H]C([2H])([2H])c1cc2c3c(c1)N(c1cc4c(cc1C)C(C)(C)CCC4(C)C)c1cc4c(cc1B3c1ccc(N(c3ccccc3)c3ccccc3)cc1N2c1ccc2c(c1)oc1cc(C(C)(C)C)ccc12)C(C)(C)CC4(C)C. The van der Waals surface area contributed by atoms with E-state index in [9.17, 15) is 4.11 Å². The van der Waals surface area contributed by atoms with Gasteiger partial charge in [-0.15, -0.1) is 0 Å². The van der Waals surface area contributed by atoms with Crippen LogP contribution in [0.1, 0.15) is 138 Å². The molecule has 0 unspecified atom stereocenters. The summed E-state index contributed by atoms with van der Waals surface area (Å²) in [5.74, 6) is 0. The molecule has 0 saturated carbocycles. The summed E-state index contributed by atoms with van der Waals surface area (Å²) in [5, 5.41) is 2.11. The second-order valence-corrected chi connectivity index (χ2v) is 25.9. The number of fused-ring (bicyclic) bond motifs is 9. The van der Waals surface area contributed by atoms with Gasteiger partial charge in [0, 0.05) is 72.1 Å². The van der Waals surface area contributed by atoms with Crippen LogP contribution in [0, 0.1) is 13.8 Å². The minimum absolute atomic E-state index is 0.0192. The number of hydrogen-bond acceptors (Lipinski definition) is 4. The monoisotopic (exact) mass is 971 g/mol. The van der Waals surface area contributed by atoms with Gasteiger partial charge in [0.2, 0.25) is 0 Å². The summed E-state index contributed by atoms with van der Waals surface area (Å²) < 4.78 is 34.8. The van der Waals surface area contributed by atoms with Crippen LogP contribution in [0.25, 0.3) is 21.9 Å². The molecule has 370 valence electrons. The van der Waals surface area contributed by atoms with Crippen LogP contribution in [0.4, 0.5) is 51.2 Å². The van der Waals surface area contributed by atoms with Crippen molar-refractivity contribution in [3.63, 3.8) is 0 Å². The molecule has 74 heavy (non-hydrogen) atoms. The normalized spacial score (nSPS) is 18.2. The second-order valence-electron chi connectivity index (χ2n) is 25.9. The number of aryl methyl sites for hydroxylation is 2. The van der Waals surface area contributed by atoms with Gasteiger partial charge >= 0.3 is 0 Å². The molecule has 0 fully saturated rings. The Hall–Kier alpha value is -6.98. The van der Waals surface area contributed by atoms with E-state index in [1.807, 2.05) is 12.1 Å². The first-order valence-corrected chi connectivity index (χ1v) is 27.0. The van der Waals surface area contributed by atoms with Crippen molar-refractivity contribution < 1.29 is 8.53 Å². The van der Waals surface area contributed by atoms with Crippen molar-refractivity contribution in [2.45, 2.75) is 136 Å². The summed E-state index contributed by atoms with van der Waals surface area (Å²) in [6, 6.07) is 55.3. The van der Waals surface area contributed by atoms with E-state index in [2.05, 4.69) is 237 Å². The van der Waals surface area contributed by atoms with Crippen molar-refractivity contribution >= 4 is 96.2 Å². The fourth-order valence-corrected chi connectivity index (χ4v) is 14.0. The van der Waals surface area contributed by atoms with E-state index in [0.717, 1.165) is 103 Å². The van der Waals surface area contributed by atoms with Gasteiger partial charge in [-0.3, -0.25) is 0 Å². The zero-order valence-corrected chi connectivity index (χ0v) is 45.4. The fourth-order valence-electron chi connectivity index (χ4n) is 14.0. The molecule has 0 radical (unpaired) electrons. The Labute approximate surface area is 444 Å². The predicted molar refractivity (Wildman–Crippen MR) is 317 cm³/mol. The first-order valence-electron chi connectivity index (χ1n) is 28.5. The highest BCUT2D eigenvalue weighted by atomic mass is 16.3. The van der Waals surface area contributed by atoms with Gasteiger partial charge in [0.05, 0.1) is 0 Å². The molecule has 0 N–H and O–H groups in total. The molecule has 4 aliphatic rings. The Morgan fingerprint density at radius 2 is 1.07 bits per heavy atom. The number of nitrogens with zero attached hydrogens (tertiary/aromatic N) is 3. The lowest BCUT2D eigenvalue weighted by Gasteiger charge is -2.46. The molecule has 0 atom stereocenters. The summed E-state index contributed by atoms with van der Waals surface area (Å²) in [6.07, 6.45) is 3.23. The molecule has 0 spiro atoms. The van der Waals surface area contributed by atoms with Crippen molar-refractivity contribution in [1.82, 2.24) is 0 Å². The van der Waals surface area contributed by atoms with Gasteiger partial charge in [0.15, 0.2) is 0 Å². The van der Waals surface area contributed by atoms with E-state index in [1.165, 1.54) is 38.8 Å². The zero-order valence-electron chi connectivity index (χ0n) is 48.4. The fraction of sp³-hybridized carbons (Fsp3) is 0.304. The van der Waals surface area contributed by atoms with Crippen molar-refractivity contribution in [3.05, 3.63) is 191 Å². The maximum absolute atomic E-state index is 9.31. The Bertz CT molecular complexity index is 3880. The molecule has 2 aliphatic carbocycles. The molecule has 2 aliphatic heterocycles. The number of anilines is 9. The van der Waals surface area contributed by atoms with Gasteiger partial charge in [0.1, 0.15) is 11.2 Å². The predicted octanol–water partition coefficient (Wildman–Crippen LogP) is 17.4. The molecular weight excluding hydrogens is 898 g/mol. The van der Waals surface area contributed by atoms with Crippen LogP contribution in [0.15, 0.2) is 156 Å². The number of benzene rings is 8. The lowest BCUT2D eigenvalue weighted by Crippen LogP contribution is -2.61. The molecule has 13 rings (SSSR count). The van der Waals surface area contributed by atoms with E-state index in [0.29, 0.717) is 5.56 Å². The lowest BCUT2D eigenvalue weighted by atomic mass is 9.33. The molecular formula is C69H70BN3O. The summed E-state index contributed by atoms with van der Waals surface area (Å²) in [5.41, 5.74) is 22.1. The van der Waals surface area contributed by atoms with Crippen LogP contribution < -0.4 is 31.1 Å². The zero-order chi connectivity index (χ0) is 54.1. The number of rotatable bonds is 5. The Balaban J connectivity index is 1.15. The summed E-state index contributed by atoms with van der Waals surface area (Å²) in [6.45, 7) is 25.5. The van der Waals surface area contributed by atoms with Gasteiger partial charge in [-0.2, -0.15) is 0 Å². The Morgan fingerprint density at radius 3 is 1.70 bits per heavy atom. The largest absolute Gasteiger partial charge is 0.456 e. The third-order valence-corrected chi connectivity index (χ3v) is 17.8. The van der Waals surface area contributed by atoms with Crippen LogP contribution in [0.5, 0.6) is 0 Å². The van der Waals surface area contributed by atoms with Crippen LogP contribution in [0.2, 0.25) is 0 Å². The van der Waals surface area contributed by atoms with Gasteiger partial charge in [-0.1, -0.05) is 143 Å². The molecule has 5 heteroatoms. The van der Waals surface area contributed by atoms with Crippen LogP contribution in [-0.4, -0.2) is 6.71 Å².